The van der Waals surface area contributed by atoms with Gasteiger partial charge in [-0.25, -0.2) is 0 Å². The standard InChI is InChI=1S/C21H18ClNO2/c1-25-20-4-2-3-16(13-20)5-6-17-9-12-21(24)23(14-17)15-18-7-10-19(22)11-8-18/h2-14H,15H2,1H3/b6-5+. The summed E-state index contributed by atoms with van der Waals surface area (Å²) in [6.45, 7) is 0.511. The van der Waals surface area contributed by atoms with E-state index >= 15 is 0 Å². The lowest BCUT2D eigenvalue weighted by Crippen LogP contribution is -2.19. The van der Waals surface area contributed by atoms with Gasteiger partial charge in [-0.1, -0.05) is 48.0 Å². The van der Waals surface area contributed by atoms with Gasteiger partial charge in [0.25, 0.3) is 5.56 Å². The summed E-state index contributed by atoms with van der Waals surface area (Å²) in [5.74, 6) is 0.815. The Bertz CT molecular complexity index is 943. The molecule has 0 spiro atoms. The zero-order valence-corrected chi connectivity index (χ0v) is 14.6. The highest BCUT2D eigenvalue weighted by molar-refractivity contribution is 6.30. The molecule has 0 radical (unpaired) electrons. The Balaban J connectivity index is 1.82. The normalized spacial score (nSPS) is 11.0. The molecule has 0 fully saturated rings. The van der Waals surface area contributed by atoms with Crippen molar-refractivity contribution >= 4 is 23.8 Å². The minimum atomic E-state index is -0.0338. The molecule has 0 N–H and O–H groups in total. The van der Waals surface area contributed by atoms with Crippen LogP contribution in [0.2, 0.25) is 5.02 Å². The quantitative estimate of drug-likeness (QED) is 0.665. The average molecular weight is 352 g/mol. The van der Waals surface area contributed by atoms with E-state index in [1.54, 1.807) is 17.7 Å². The Kier molecular flexibility index (Phi) is 5.36. The topological polar surface area (TPSA) is 31.2 Å². The van der Waals surface area contributed by atoms with Crippen LogP contribution in [0.5, 0.6) is 5.75 Å². The third-order valence-electron chi connectivity index (χ3n) is 3.83. The number of methoxy groups -OCH3 is 1. The third-order valence-corrected chi connectivity index (χ3v) is 4.09. The lowest BCUT2D eigenvalue weighted by atomic mass is 10.1. The lowest BCUT2D eigenvalue weighted by molar-refractivity contribution is 0.414. The Morgan fingerprint density at radius 1 is 1.00 bits per heavy atom. The second kappa shape index (κ2) is 7.86. The van der Waals surface area contributed by atoms with E-state index in [1.165, 1.54) is 0 Å². The molecule has 0 aliphatic carbocycles. The molecule has 0 saturated carbocycles. The van der Waals surface area contributed by atoms with Crippen LogP contribution >= 0.6 is 11.6 Å². The zero-order valence-electron chi connectivity index (χ0n) is 13.9. The molecule has 2 aromatic carbocycles. The first-order chi connectivity index (χ1) is 12.1. The van der Waals surface area contributed by atoms with Gasteiger partial charge in [-0.2, -0.15) is 0 Å². The summed E-state index contributed by atoms with van der Waals surface area (Å²) >= 11 is 5.91. The molecule has 4 heteroatoms. The molecule has 0 saturated heterocycles. The average Bonchev–Trinajstić information content (AvgIpc) is 2.64. The number of aromatic nitrogens is 1. The van der Waals surface area contributed by atoms with Crippen LogP contribution < -0.4 is 10.3 Å². The predicted octanol–water partition coefficient (Wildman–Crippen LogP) is 4.73. The molecule has 3 nitrogen and oxygen atoms in total. The molecule has 0 bridgehead atoms. The van der Waals surface area contributed by atoms with E-state index in [1.807, 2.05) is 72.9 Å². The smallest absolute Gasteiger partial charge is 0.250 e. The summed E-state index contributed by atoms with van der Waals surface area (Å²) < 4.78 is 6.92. The van der Waals surface area contributed by atoms with Crippen LogP contribution in [0, 0.1) is 0 Å². The van der Waals surface area contributed by atoms with Crippen molar-refractivity contribution in [2.45, 2.75) is 6.54 Å². The number of rotatable bonds is 5. The maximum atomic E-state index is 12.1. The van der Waals surface area contributed by atoms with Crippen molar-refractivity contribution in [1.29, 1.82) is 0 Å². The monoisotopic (exact) mass is 351 g/mol. The van der Waals surface area contributed by atoms with E-state index in [9.17, 15) is 4.79 Å². The predicted molar refractivity (Wildman–Crippen MR) is 103 cm³/mol. The maximum absolute atomic E-state index is 12.1. The first-order valence-corrected chi connectivity index (χ1v) is 8.29. The van der Waals surface area contributed by atoms with Gasteiger partial charge in [-0.05, 0) is 47.0 Å². The minimum Gasteiger partial charge on any atom is -0.497 e. The summed E-state index contributed by atoms with van der Waals surface area (Å²) in [6, 6.07) is 18.7. The Labute approximate surface area is 151 Å². The molecule has 3 aromatic rings. The van der Waals surface area contributed by atoms with Crippen molar-refractivity contribution in [2.24, 2.45) is 0 Å². The van der Waals surface area contributed by atoms with Crippen LogP contribution in [-0.4, -0.2) is 11.7 Å². The van der Waals surface area contributed by atoms with Gasteiger partial charge in [-0.3, -0.25) is 4.79 Å². The van der Waals surface area contributed by atoms with Gasteiger partial charge in [0.05, 0.1) is 13.7 Å². The van der Waals surface area contributed by atoms with Gasteiger partial charge < -0.3 is 9.30 Å². The van der Waals surface area contributed by atoms with Crippen molar-refractivity contribution in [1.82, 2.24) is 4.57 Å². The van der Waals surface area contributed by atoms with E-state index in [-0.39, 0.29) is 5.56 Å². The molecule has 0 unspecified atom stereocenters. The molecule has 126 valence electrons. The van der Waals surface area contributed by atoms with Crippen molar-refractivity contribution in [2.75, 3.05) is 7.11 Å². The summed E-state index contributed by atoms with van der Waals surface area (Å²) in [7, 11) is 1.65. The van der Waals surface area contributed by atoms with Crippen LogP contribution in [0.4, 0.5) is 0 Å². The van der Waals surface area contributed by atoms with Crippen LogP contribution in [0.15, 0.2) is 71.7 Å². The Hall–Kier alpha value is -2.78. The first kappa shape index (κ1) is 17.1. The largest absolute Gasteiger partial charge is 0.497 e. The highest BCUT2D eigenvalue weighted by atomic mass is 35.5. The molecular weight excluding hydrogens is 334 g/mol. The van der Waals surface area contributed by atoms with Gasteiger partial charge in [0.2, 0.25) is 0 Å². The number of hydrogen-bond acceptors (Lipinski definition) is 2. The maximum Gasteiger partial charge on any atom is 0.250 e. The lowest BCUT2D eigenvalue weighted by Gasteiger charge is -2.07. The van der Waals surface area contributed by atoms with Crippen molar-refractivity contribution in [3.8, 4) is 5.75 Å². The first-order valence-electron chi connectivity index (χ1n) is 7.91. The van der Waals surface area contributed by atoms with Gasteiger partial charge in [0, 0.05) is 17.3 Å². The molecular formula is C21H18ClNO2. The zero-order chi connectivity index (χ0) is 17.6. The van der Waals surface area contributed by atoms with E-state index in [0.29, 0.717) is 11.6 Å². The van der Waals surface area contributed by atoms with Crippen LogP contribution in [0.1, 0.15) is 16.7 Å². The molecule has 1 aromatic heterocycles. The van der Waals surface area contributed by atoms with Crippen molar-refractivity contribution in [3.63, 3.8) is 0 Å². The highest BCUT2D eigenvalue weighted by Gasteiger charge is 2.00. The molecule has 0 atom stereocenters. The van der Waals surface area contributed by atoms with E-state index in [4.69, 9.17) is 16.3 Å². The van der Waals surface area contributed by atoms with Crippen LogP contribution in [-0.2, 0) is 6.54 Å². The fraction of sp³-hybridized carbons (Fsp3) is 0.0952. The Morgan fingerprint density at radius 2 is 1.76 bits per heavy atom. The van der Waals surface area contributed by atoms with Gasteiger partial charge in [0.1, 0.15) is 5.75 Å². The molecule has 1 heterocycles. The summed E-state index contributed by atoms with van der Waals surface area (Å²) in [5.41, 5.74) is 2.99. The number of pyridine rings is 1. The fourth-order valence-electron chi connectivity index (χ4n) is 2.50. The second-order valence-electron chi connectivity index (χ2n) is 5.66. The number of hydrogen-bond donors (Lipinski definition) is 0. The SMILES string of the molecule is COc1cccc(/C=C/c2ccc(=O)n(Cc3ccc(Cl)cc3)c2)c1. The molecule has 25 heavy (non-hydrogen) atoms. The van der Waals surface area contributed by atoms with Gasteiger partial charge in [0.15, 0.2) is 0 Å². The number of benzene rings is 2. The van der Waals surface area contributed by atoms with Gasteiger partial charge in [-0.15, -0.1) is 0 Å². The van der Waals surface area contributed by atoms with E-state index < -0.39 is 0 Å². The molecule has 0 amide bonds. The third kappa shape index (κ3) is 4.61. The minimum absolute atomic E-state index is 0.0338. The molecule has 0 aliphatic heterocycles. The van der Waals surface area contributed by atoms with Crippen molar-refractivity contribution < 1.29 is 4.74 Å². The summed E-state index contributed by atoms with van der Waals surface area (Å²) in [4.78, 5) is 12.1. The molecule has 3 rings (SSSR count). The fourth-order valence-corrected chi connectivity index (χ4v) is 2.62. The van der Waals surface area contributed by atoms with Crippen LogP contribution in [0.25, 0.3) is 12.2 Å². The Morgan fingerprint density at radius 3 is 2.52 bits per heavy atom. The molecule has 0 aliphatic rings. The second-order valence-corrected chi connectivity index (χ2v) is 6.10. The van der Waals surface area contributed by atoms with Crippen LogP contribution in [0.3, 0.4) is 0 Å². The summed E-state index contributed by atoms with van der Waals surface area (Å²) in [6.07, 6.45) is 5.83. The van der Waals surface area contributed by atoms with Crippen molar-refractivity contribution in [3.05, 3.63) is 98.9 Å². The number of halogens is 1. The summed E-state index contributed by atoms with van der Waals surface area (Å²) in [5, 5.41) is 0.686. The van der Waals surface area contributed by atoms with E-state index in [0.717, 1.165) is 22.4 Å². The number of nitrogens with zero attached hydrogens (tertiary/aromatic N) is 1. The van der Waals surface area contributed by atoms with E-state index in [2.05, 4.69) is 0 Å². The highest BCUT2D eigenvalue weighted by Crippen LogP contribution is 2.15. The van der Waals surface area contributed by atoms with Gasteiger partial charge >= 0.3 is 0 Å². The number of ether oxygens (including phenoxy) is 1.